The van der Waals surface area contributed by atoms with Crippen molar-refractivity contribution < 1.29 is 4.92 Å². The molecule has 0 saturated carbocycles. The number of nitrogens with one attached hydrogen (secondary N) is 2. The Morgan fingerprint density at radius 1 is 1.50 bits per heavy atom. The van der Waals surface area contributed by atoms with Crippen LogP contribution in [-0.2, 0) is 6.54 Å². The maximum absolute atomic E-state index is 11.0. The molecule has 0 aliphatic rings. The van der Waals surface area contributed by atoms with Crippen LogP contribution in [-0.4, -0.2) is 26.0 Å². The molecule has 2 aromatic rings. The summed E-state index contributed by atoms with van der Waals surface area (Å²) in [5.41, 5.74) is 4.27. The summed E-state index contributed by atoms with van der Waals surface area (Å²) in [7, 11) is 0. The van der Waals surface area contributed by atoms with Gasteiger partial charge in [-0.1, -0.05) is 37.6 Å². The highest BCUT2D eigenvalue weighted by Crippen LogP contribution is 2.23. The van der Waals surface area contributed by atoms with Gasteiger partial charge in [0.05, 0.1) is 22.4 Å². The van der Waals surface area contributed by atoms with Crippen LogP contribution in [0.15, 0.2) is 29.4 Å². The Labute approximate surface area is 161 Å². The summed E-state index contributed by atoms with van der Waals surface area (Å²) in [5.74, 6) is 0.410. The fraction of sp³-hybridized carbons (Fsp3) is 0.312. The number of nitrogens with zero attached hydrogens (tertiary/aromatic N) is 4. The molecule has 10 heteroatoms. The number of nitro groups is 1. The first-order valence-electron chi connectivity index (χ1n) is 7.86. The second-order valence-corrected chi connectivity index (χ2v) is 6.73. The van der Waals surface area contributed by atoms with Crippen molar-refractivity contribution in [2.45, 2.75) is 27.3 Å². The van der Waals surface area contributed by atoms with Crippen molar-refractivity contribution >= 4 is 46.5 Å². The highest BCUT2D eigenvalue weighted by molar-refractivity contribution is 7.80. The molecule has 8 nitrogen and oxygen atoms in total. The molecule has 1 aromatic carbocycles. The lowest BCUT2D eigenvalue weighted by molar-refractivity contribution is -0.383. The fourth-order valence-corrected chi connectivity index (χ4v) is 2.68. The van der Waals surface area contributed by atoms with Crippen LogP contribution in [0.5, 0.6) is 0 Å². The zero-order chi connectivity index (χ0) is 19.3. The molecular weight excluding hydrogens is 376 g/mol. The molecule has 1 aromatic heterocycles. The molecule has 0 amide bonds. The highest BCUT2D eigenvalue weighted by atomic mass is 35.5. The maximum Gasteiger partial charge on any atom is 0.292 e. The molecule has 138 valence electrons. The van der Waals surface area contributed by atoms with Crippen LogP contribution in [0.4, 0.5) is 11.4 Å². The van der Waals surface area contributed by atoms with Crippen molar-refractivity contribution in [1.29, 1.82) is 0 Å². The zero-order valence-electron chi connectivity index (χ0n) is 14.6. The van der Waals surface area contributed by atoms with Crippen molar-refractivity contribution in [3.8, 4) is 0 Å². The number of halogens is 1. The van der Waals surface area contributed by atoms with Gasteiger partial charge in [-0.3, -0.25) is 20.2 Å². The van der Waals surface area contributed by atoms with Crippen molar-refractivity contribution in [2.75, 3.05) is 5.32 Å². The molecule has 0 fully saturated rings. The average Bonchev–Trinajstić information content (AvgIpc) is 2.82. The standard InChI is InChI=1S/C16H19ClN6O2S/c1-10(2)9-22-15(17)12(11(3)21-22)8-18-20-16(26)19-13-6-4-5-7-14(13)23(24)25/h4-8,10H,9H2,1-3H3,(H2,19,20,26)/b18-8-. The van der Waals surface area contributed by atoms with Crippen LogP contribution in [0.2, 0.25) is 5.15 Å². The predicted octanol–water partition coefficient (Wildman–Crippen LogP) is 3.73. The van der Waals surface area contributed by atoms with Crippen LogP contribution in [0.25, 0.3) is 0 Å². The third kappa shape index (κ3) is 4.99. The Bertz CT molecular complexity index is 849. The van der Waals surface area contributed by atoms with Gasteiger partial charge in [-0.25, -0.2) is 0 Å². The van der Waals surface area contributed by atoms with E-state index in [1.54, 1.807) is 22.9 Å². The second kappa shape index (κ2) is 8.72. The second-order valence-electron chi connectivity index (χ2n) is 5.96. The summed E-state index contributed by atoms with van der Waals surface area (Å²) >= 11 is 11.4. The van der Waals surface area contributed by atoms with E-state index in [9.17, 15) is 10.1 Å². The lowest BCUT2D eigenvalue weighted by atomic mass is 10.2. The number of thiocarbonyl (C=S) groups is 1. The van der Waals surface area contributed by atoms with E-state index in [0.717, 1.165) is 5.69 Å². The normalized spacial score (nSPS) is 11.1. The third-order valence-electron chi connectivity index (χ3n) is 3.36. The monoisotopic (exact) mass is 394 g/mol. The lowest BCUT2D eigenvalue weighted by Gasteiger charge is -2.07. The number of rotatable bonds is 6. The minimum Gasteiger partial charge on any atom is -0.326 e. The molecule has 26 heavy (non-hydrogen) atoms. The van der Waals surface area contributed by atoms with Gasteiger partial charge in [0.1, 0.15) is 10.8 Å². The lowest BCUT2D eigenvalue weighted by Crippen LogP contribution is -2.24. The summed E-state index contributed by atoms with van der Waals surface area (Å²) in [5, 5.41) is 22.8. The SMILES string of the molecule is Cc1nn(CC(C)C)c(Cl)c1/C=N\NC(=S)Nc1ccccc1[N+](=O)[O-]. The summed E-state index contributed by atoms with van der Waals surface area (Å²) in [4.78, 5) is 10.5. The van der Waals surface area contributed by atoms with E-state index in [1.807, 2.05) is 6.92 Å². The van der Waals surface area contributed by atoms with Gasteiger partial charge >= 0.3 is 0 Å². The topological polar surface area (TPSA) is 97.4 Å². The molecule has 0 aliphatic heterocycles. The predicted molar refractivity (Wildman–Crippen MR) is 107 cm³/mol. The average molecular weight is 395 g/mol. The van der Waals surface area contributed by atoms with Crippen LogP contribution in [0.1, 0.15) is 25.1 Å². The van der Waals surface area contributed by atoms with Gasteiger partial charge in [-0.15, -0.1) is 0 Å². The molecule has 0 bridgehead atoms. The summed E-state index contributed by atoms with van der Waals surface area (Å²) < 4.78 is 1.73. The number of hydrogen-bond acceptors (Lipinski definition) is 5. The number of hydrogen-bond donors (Lipinski definition) is 2. The van der Waals surface area contributed by atoms with E-state index in [-0.39, 0.29) is 16.5 Å². The first kappa shape index (κ1) is 19.8. The van der Waals surface area contributed by atoms with E-state index < -0.39 is 4.92 Å². The number of benzene rings is 1. The molecular formula is C16H19ClN6O2S. The number of para-hydroxylation sites is 2. The number of anilines is 1. The molecule has 0 atom stereocenters. The van der Waals surface area contributed by atoms with Crippen LogP contribution < -0.4 is 10.7 Å². The number of hydrazone groups is 1. The molecule has 0 radical (unpaired) electrons. The first-order valence-corrected chi connectivity index (χ1v) is 8.64. The minimum atomic E-state index is -0.486. The van der Waals surface area contributed by atoms with Crippen LogP contribution in [0.3, 0.4) is 0 Å². The Balaban J connectivity index is 2.04. The molecule has 0 aliphatic carbocycles. The molecule has 2 N–H and O–H groups in total. The third-order valence-corrected chi connectivity index (χ3v) is 3.95. The number of aryl methyl sites for hydroxylation is 1. The van der Waals surface area contributed by atoms with Gasteiger partial charge < -0.3 is 5.32 Å². The van der Waals surface area contributed by atoms with Crippen molar-refractivity contribution in [2.24, 2.45) is 11.0 Å². The fourth-order valence-electron chi connectivity index (χ4n) is 2.22. The van der Waals surface area contributed by atoms with E-state index in [1.165, 1.54) is 12.3 Å². The van der Waals surface area contributed by atoms with Gasteiger partial charge in [0.15, 0.2) is 5.11 Å². The molecule has 1 heterocycles. The zero-order valence-corrected chi connectivity index (χ0v) is 16.1. The highest BCUT2D eigenvalue weighted by Gasteiger charge is 2.14. The Morgan fingerprint density at radius 2 is 2.19 bits per heavy atom. The van der Waals surface area contributed by atoms with E-state index in [4.69, 9.17) is 23.8 Å². The largest absolute Gasteiger partial charge is 0.326 e. The van der Waals surface area contributed by atoms with Crippen LogP contribution in [0, 0.1) is 23.0 Å². The van der Waals surface area contributed by atoms with Gasteiger partial charge in [0.2, 0.25) is 0 Å². The number of nitro benzene ring substituents is 1. The van der Waals surface area contributed by atoms with Crippen molar-refractivity contribution in [3.05, 3.63) is 50.8 Å². The molecule has 0 spiro atoms. The van der Waals surface area contributed by atoms with Crippen LogP contribution >= 0.6 is 23.8 Å². The Hall–Kier alpha value is -2.52. The molecule has 0 unspecified atom stereocenters. The van der Waals surface area contributed by atoms with Gasteiger partial charge in [-0.05, 0) is 31.1 Å². The van der Waals surface area contributed by atoms with Crippen molar-refractivity contribution in [3.63, 3.8) is 0 Å². The Morgan fingerprint density at radius 3 is 2.85 bits per heavy atom. The van der Waals surface area contributed by atoms with E-state index in [0.29, 0.717) is 23.2 Å². The molecule has 0 saturated heterocycles. The van der Waals surface area contributed by atoms with Gasteiger partial charge in [0.25, 0.3) is 5.69 Å². The number of aromatic nitrogens is 2. The van der Waals surface area contributed by atoms with Gasteiger partial charge in [-0.2, -0.15) is 10.2 Å². The quantitative estimate of drug-likeness (QED) is 0.335. The van der Waals surface area contributed by atoms with E-state index in [2.05, 4.69) is 34.8 Å². The van der Waals surface area contributed by atoms with Gasteiger partial charge in [0, 0.05) is 12.6 Å². The summed E-state index contributed by atoms with van der Waals surface area (Å²) in [6.45, 7) is 6.71. The molecule has 2 rings (SSSR count). The summed E-state index contributed by atoms with van der Waals surface area (Å²) in [6, 6.07) is 6.21. The minimum absolute atomic E-state index is 0.0746. The first-order chi connectivity index (χ1) is 12.3. The maximum atomic E-state index is 11.0. The van der Waals surface area contributed by atoms with E-state index >= 15 is 0 Å². The van der Waals surface area contributed by atoms with Crippen molar-refractivity contribution in [1.82, 2.24) is 15.2 Å². The Kier molecular flexibility index (Phi) is 6.64. The smallest absolute Gasteiger partial charge is 0.292 e. The summed E-state index contributed by atoms with van der Waals surface area (Å²) in [6.07, 6.45) is 1.52.